The quantitative estimate of drug-likeness (QED) is 0.657. The van der Waals surface area contributed by atoms with Gasteiger partial charge in [-0.05, 0) is 18.6 Å². The minimum absolute atomic E-state index is 0.372. The zero-order chi connectivity index (χ0) is 9.52. The van der Waals surface area contributed by atoms with Crippen molar-refractivity contribution in [2.75, 3.05) is 24.7 Å². The Morgan fingerprint density at radius 2 is 2.54 bits per heavy atom. The minimum atomic E-state index is -0.695. The Morgan fingerprint density at radius 3 is 3.15 bits per heavy atom. The maximum Gasteiger partial charge on any atom is 0.404 e. The molecule has 0 aliphatic carbocycles. The van der Waals surface area contributed by atoms with E-state index in [2.05, 4.69) is 10.1 Å². The van der Waals surface area contributed by atoms with Crippen LogP contribution in [0.5, 0.6) is 0 Å². The van der Waals surface area contributed by atoms with Crippen LogP contribution in [0.15, 0.2) is 0 Å². The summed E-state index contributed by atoms with van der Waals surface area (Å²) in [6.45, 7) is 1.07. The molecular weight excluding hydrogens is 188 g/mol. The highest BCUT2D eigenvalue weighted by Gasteiger charge is 2.12. The predicted octanol–water partition coefficient (Wildman–Crippen LogP) is 0.567. The van der Waals surface area contributed by atoms with Crippen molar-refractivity contribution >= 4 is 17.9 Å². The highest BCUT2D eigenvalue weighted by molar-refractivity contribution is 7.99. The Balaban J connectivity index is 1.95. The third kappa shape index (κ3) is 5.00. The lowest BCUT2D eigenvalue weighted by atomic mass is 10.2. The summed E-state index contributed by atoms with van der Waals surface area (Å²) in [5.41, 5.74) is 4.82. The van der Waals surface area contributed by atoms with E-state index < -0.39 is 6.09 Å². The highest BCUT2D eigenvalue weighted by Crippen LogP contribution is 2.16. The van der Waals surface area contributed by atoms with Crippen molar-refractivity contribution in [2.45, 2.75) is 18.9 Å². The summed E-state index contributed by atoms with van der Waals surface area (Å²) in [5.74, 6) is 2.44. The topological polar surface area (TPSA) is 64.4 Å². The number of carbonyl (C=O) groups excluding carboxylic acids is 1. The van der Waals surface area contributed by atoms with Crippen molar-refractivity contribution < 1.29 is 9.53 Å². The highest BCUT2D eigenvalue weighted by atomic mass is 32.2. The molecule has 0 radical (unpaired) electrons. The summed E-state index contributed by atoms with van der Waals surface area (Å²) < 4.78 is 4.60. The molecule has 5 heteroatoms. The fourth-order valence-corrected chi connectivity index (χ4v) is 2.42. The number of hydrogen-bond donors (Lipinski definition) is 2. The first-order valence-electron chi connectivity index (χ1n) is 4.52. The standard InChI is InChI=1S/C8H16N2O2S/c9-8(11)12-4-3-10-7-2-1-5-13-6-7/h7,10H,1-6H2,(H2,9,11). The molecule has 0 saturated carbocycles. The van der Waals surface area contributed by atoms with E-state index in [0.29, 0.717) is 19.2 Å². The van der Waals surface area contributed by atoms with Gasteiger partial charge in [0.2, 0.25) is 0 Å². The van der Waals surface area contributed by atoms with Crippen molar-refractivity contribution in [3.63, 3.8) is 0 Å². The van der Waals surface area contributed by atoms with Crippen LogP contribution in [-0.2, 0) is 4.74 Å². The van der Waals surface area contributed by atoms with Gasteiger partial charge in [-0.25, -0.2) is 4.79 Å². The average molecular weight is 204 g/mol. The molecule has 13 heavy (non-hydrogen) atoms. The molecule has 1 atom stereocenters. The lowest BCUT2D eigenvalue weighted by molar-refractivity contribution is 0.156. The van der Waals surface area contributed by atoms with E-state index in [9.17, 15) is 4.79 Å². The van der Waals surface area contributed by atoms with Gasteiger partial charge in [0.05, 0.1) is 0 Å². The fourth-order valence-electron chi connectivity index (χ4n) is 1.32. The van der Waals surface area contributed by atoms with E-state index >= 15 is 0 Å². The second-order valence-electron chi connectivity index (χ2n) is 3.04. The van der Waals surface area contributed by atoms with Gasteiger partial charge < -0.3 is 15.8 Å². The molecule has 0 aromatic rings. The SMILES string of the molecule is NC(=O)OCCNC1CCCSC1. The van der Waals surface area contributed by atoms with Gasteiger partial charge in [0.1, 0.15) is 6.61 Å². The lowest BCUT2D eigenvalue weighted by Crippen LogP contribution is -2.36. The van der Waals surface area contributed by atoms with Crippen LogP contribution in [0.2, 0.25) is 0 Å². The Kier molecular flexibility index (Phi) is 5.00. The molecule has 1 rings (SSSR count). The first-order chi connectivity index (χ1) is 6.29. The molecular formula is C8H16N2O2S. The van der Waals surface area contributed by atoms with Crippen LogP contribution in [0.3, 0.4) is 0 Å². The van der Waals surface area contributed by atoms with Crippen molar-refractivity contribution in [3.05, 3.63) is 0 Å². The molecule has 0 spiro atoms. The van der Waals surface area contributed by atoms with Gasteiger partial charge in [-0.15, -0.1) is 0 Å². The van der Waals surface area contributed by atoms with Crippen LogP contribution >= 0.6 is 11.8 Å². The van der Waals surface area contributed by atoms with Gasteiger partial charge in [-0.2, -0.15) is 11.8 Å². The first-order valence-corrected chi connectivity index (χ1v) is 5.68. The molecule has 1 heterocycles. The summed E-state index contributed by atoms with van der Waals surface area (Å²) >= 11 is 1.97. The molecule has 0 bridgehead atoms. The van der Waals surface area contributed by atoms with E-state index in [1.54, 1.807) is 0 Å². The largest absolute Gasteiger partial charge is 0.448 e. The van der Waals surface area contributed by atoms with E-state index in [1.807, 2.05) is 11.8 Å². The summed E-state index contributed by atoms with van der Waals surface area (Å²) in [5, 5.41) is 3.32. The molecule has 1 saturated heterocycles. The average Bonchev–Trinajstić information content (AvgIpc) is 2.14. The zero-order valence-electron chi connectivity index (χ0n) is 7.62. The van der Waals surface area contributed by atoms with E-state index in [1.165, 1.54) is 18.6 Å². The third-order valence-electron chi connectivity index (χ3n) is 1.94. The second-order valence-corrected chi connectivity index (χ2v) is 4.19. The predicted molar refractivity (Wildman–Crippen MR) is 53.9 cm³/mol. The Bertz CT molecular complexity index is 160. The van der Waals surface area contributed by atoms with Gasteiger partial charge in [-0.1, -0.05) is 0 Å². The minimum Gasteiger partial charge on any atom is -0.448 e. The van der Waals surface area contributed by atoms with Crippen LogP contribution < -0.4 is 11.1 Å². The fraction of sp³-hybridized carbons (Fsp3) is 0.875. The van der Waals surface area contributed by atoms with Gasteiger partial charge in [0.15, 0.2) is 0 Å². The number of ether oxygens (including phenoxy) is 1. The third-order valence-corrected chi connectivity index (χ3v) is 3.16. The van der Waals surface area contributed by atoms with Gasteiger partial charge in [0.25, 0.3) is 0 Å². The van der Waals surface area contributed by atoms with E-state index in [0.717, 1.165) is 5.75 Å². The molecule has 0 aromatic heterocycles. The Morgan fingerprint density at radius 1 is 1.69 bits per heavy atom. The second kappa shape index (κ2) is 6.10. The number of thioether (sulfide) groups is 1. The number of amides is 1. The van der Waals surface area contributed by atoms with Gasteiger partial charge in [0, 0.05) is 18.3 Å². The summed E-state index contributed by atoms with van der Waals surface area (Å²) in [6, 6.07) is 0.579. The molecule has 1 unspecified atom stereocenters. The lowest BCUT2D eigenvalue weighted by Gasteiger charge is -2.22. The number of carbonyl (C=O) groups is 1. The Labute approximate surface area is 82.6 Å². The number of primary amides is 1. The van der Waals surface area contributed by atoms with Crippen molar-refractivity contribution in [3.8, 4) is 0 Å². The number of hydrogen-bond acceptors (Lipinski definition) is 4. The first kappa shape index (κ1) is 10.7. The molecule has 1 aliphatic rings. The smallest absolute Gasteiger partial charge is 0.404 e. The van der Waals surface area contributed by atoms with Gasteiger partial charge >= 0.3 is 6.09 Å². The van der Waals surface area contributed by atoms with Gasteiger partial charge in [-0.3, -0.25) is 0 Å². The Hall–Kier alpha value is -0.420. The molecule has 3 N–H and O–H groups in total. The molecule has 1 amide bonds. The van der Waals surface area contributed by atoms with Crippen molar-refractivity contribution in [1.82, 2.24) is 5.32 Å². The van der Waals surface area contributed by atoms with E-state index in [-0.39, 0.29) is 0 Å². The normalized spacial score (nSPS) is 22.6. The van der Waals surface area contributed by atoms with Crippen molar-refractivity contribution in [2.24, 2.45) is 5.73 Å². The summed E-state index contributed by atoms with van der Waals surface area (Å²) in [7, 11) is 0. The summed E-state index contributed by atoms with van der Waals surface area (Å²) in [4.78, 5) is 10.2. The monoisotopic (exact) mass is 204 g/mol. The number of nitrogens with one attached hydrogen (secondary N) is 1. The van der Waals surface area contributed by atoms with Crippen LogP contribution in [-0.4, -0.2) is 36.8 Å². The zero-order valence-corrected chi connectivity index (χ0v) is 8.44. The number of nitrogens with two attached hydrogens (primary N) is 1. The van der Waals surface area contributed by atoms with Crippen LogP contribution in [0.1, 0.15) is 12.8 Å². The van der Waals surface area contributed by atoms with Crippen LogP contribution in [0.4, 0.5) is 4.79 Å². The van der Waals surface area contributed by atoms with Crippen LogP contribution in [0, 0.1) is 0 Å². The molecule has 76 valence electrons. The maximum absolute atomic E-state index is 10.2. The van der Waals surface area contributed by atoms with E-state index in [4.69, 9.17) is 5.73 Å². The molecule has 1 fully saturated rings. The number of rotatable bonds is 4. The van der Waals surface area contributed by atoms with Crippen molar-refractivity contribution in [1.29, 1.82) is 0 Å². The maximum atomic E-state index is 10.2. The molecule has 0 aromatic carbocycles. The van der Waals surface area contributed by atoms with Crippen LogP contribution in [0.25, 0.3) is 0 Å². The summed E-state index contributed by atoms with van der Waals surface area (Å²) in [6.07, 6.45) is 1.81. The molecule has 4 nitrogen and oxygen atoms in total. The molecule has 1 aliphatic heterocycles.